The molecule has 0 bridgehead atoms. The number of hydrogen-bond donors (Lipinski definition) is 2. The van der Waals surface area contributed by atoms with Gasteiger partial charge in [0.2, 0.25) is 5.95 Å². The minimum Gasteiger partial charge on any atom is -0.398 e. The highest BCUT2D eigenvalue weighted by Crippen LogP contribution is 2.28. The summed E-state index contributed by atoms with van der Waals surface area (Å²) in [6.45, 7) is 2.01. The molecule has 2 aromatic carbocycles. The van der Waals surface area contributed by atoms with E-state index in [0.717, 1.165) is 17.5 Å². The first-order valence-corrected chi connectivity index (χ1v) is 9.49. The summed E-state index contributed by atoms with van der Waals surface area (Å²) < 4.78 is 23.6. The second-order valence-corrected chi connectivity index (χ2v) is 7.79. The maximum absolute atomic E-state index is 11.8. The fourth-order valence-corrected chi connectivity index (χ4v) is 2.97. The smallest absolute Gasteiger partial charge is 0.227 e. The fraction of sp³-hybridized carbons (Fsp3) is 0.111. The zero-order valence-corrected chi connectivity index (χ0v) is 14.7. The van der Waals surface area contributed by atoms with E-state index >= 15 is 0 Å². The molecular weight excluding hydrogens is 336 g/mol. The molecule has 0 amide bonds. The van der Waals surface area contributed by atoms with E-state index in [1.165, 1.54) is 12.1 Å². The van der Waals surface area contributed by atoms with Crippen molar-refractivity contribution in [3.8, 4) is 11.3 Å². The number of hydrogen-bond acceptors (Lipinski definition) is 6. The summed E-state index contributed by atoms with van der Waals surface area (Å²) >= 11 is 0. The van der Waals surface area contributed by atoms with Gasteiger partial charge in [0.15, 0.2) is 9.84 Å². The van der Waals surface area contributed by atoms with Gasteiger partial charge in [-0.25, -0.2) is 18.4 Å². The van der Waals surface area contributed by atoms with E-state index < -0.39 is 9.84 Å². The Morgan fingerprint density at radius 1 is 1.04 bits per heavy atom. The van der Waals surface area contributed by atoms with E-state index in [2.05, 4.69) is 15.3 Å². The summed E-state index contributed by atoms with van der Waals surface area (Å²) in [5.41, 5.74) is 9.58. The van der Waals surface area contributed by atoms with Crippen LogP contribution in [0.3, 0.4) is 0 Å². The lowest BCUT2D eigenvalue weighted by Crippen LogP contribution is -2.02. The van der Waals surface area contributed by atoms with Gasteiger partial charge in [-0.15, -0.1) is 0 Å². The molecule has 3 rings (SSSR count). The minimum absolute atomic E-state index is 0.198. The molecule has 0 radical (unpaired) electrons. The highest BCUT2D eigenvalue weighted by molar-refractivity contribution is 7.90. The Morgan fingerprint density at radius 3 is 2.44 bits per heavy atom. The molecule has 0 unspecified atom stereocenters. The van der Waals surface area contributed by atoms with Crippen LogP contribution in [0.25, 0.3) is 11.3 Å². The van der Waals surface area contributed by atoms with Crippen molar-refractivity contribution in [1.82, 2.24) is 9.97 Å². The number of aryl methyl sites for hydroxylation is 1. The summed E-state index contributed by atoms with van der Waals surface area (Å²) in [6, 6.07) is 14.1. The van der Waals surface area contributed by atoms with E-state index in [9.17, 15) is 8.42 Å². The summed E-state index contributed by atoms with van der Waals surface area (Å²) in [4.78, 5) is 8.85. The second-order valence-electron chi connectivity index (χ2n) is 5.78. The zero-order chi connectivity index (χ0) is 18.0. The summed E-state index contributed by atoms with van der Waals surface area (Å²) in [6.07, 6.45) is 2.76. The predicted molar refractivity (Wildman–Crippen MR) is 99.5 cm³/mol. The summed E-state index contributed by atoms with van der Waals surface area (Å²) in [5.74, 6) is 0.408. The van der Waals surface area contributed by atoms with E-state index in [-0.39, 0.29) is 4.90 Å². The van der Waals surface area contributed by atoms with Gasteiger partial charge in [-0.2, -0.15) is 0 Å². The molecule has 6 nitrogen and oxygen atoms in total. The van der Waals surface area contributed by atoms with Gasteiger partial charge in [-0.1, -0.05) is 17.7 Å². The van der Waals surface area contributed by atoms with Gasteiger partial charge in [0.25, 0.3) is 0 Å². The van der Waals surface area contributed by atoms with Gasteiger partial charge in [0.1, 0.15) is 0 Å². The highest BCUT2D eigenvalue weighted by atomic mass is 32.2. The third-order valence-electron chi connectivity index (χ3n) is 3.69. The largest absolute Gasteiger partial charge is 0.398 e. The molecule has 0 saturated heterocycles. The van der Waals surface area contributed by atoms with Crippen LogP contribution in [0.2, 0.25) is 0 Å². The molecule has 0 aliphatic rings. The number of nitrogen functional groups attached to an aromatic ring is 1. The van der Waals surface area contributed by atoms with Gasteiger partial charge >= 0.3 is 0 Å². The standard InChI is InChI=1S/C18H18N4O2S/c1-12-3-5-13(6-4-12)21-18-20-10-9-17(22-18)15-11-14(25(2,23)24)7-8-16(15)19/h3-11H,19H2,1-2H3,(H,20,21,22). The zero-order valence-electron chi connectivity index (χ0n) is 13.9. The number of nitrogens with zero attached hydrogens (tertiary/aromatic N) is 2. The third kappa shape index (κ3) is 3.95. The normalized spacial score (nSPS) is 11.3. The van der Waals surface area contributed by atoms with Crippen LogP contribution in [-0.4, -0.2) is 24.6 Å². The molecule has 7 heteroatoms. The summed E-state index contributed by atoms with van der Waals surface area (Å²) in [5, 5.41) is 3.12. The molecule has 0 atom stereocenters. The van der Waals surface area contributed by atoms with Gasteiger partial charge in [-0.05, 0) is 43.3 Å². The van der Waals surface area contributed by atoms with Gasteiger partial charge in [0.05, 0.1) is 10.6 Å². The Labute approximate surface area is 146 Å². The number of benzene rings is 2. The average molecular weight is 354 g/mol. The Kier molecular flexibility index (Phi) is 4.41. The van der Waals surface area contributed by atoms with Crippen molar-refractivity contribution in [2.75, 3.05) is 17.3 Å². The number of rotatable bonds is 4. The van der Waals surface area contributed by atoms with Gasteiger partial charge < -0.3 is 11.1 Å². The van der Waals surface area contributed by atoms with Crippen LogP contribution in [-0.2, 0) is 9.84 Å². The lowest BCUT2D eigenvalue weighted by molar-refractivity contribution is 0.602. The quantitative estimate of drug-likeness (QED) is 0.698. The molecule has 128 valence electrons. The predicted octanol–water partition coefficient (Wildman–Crippen LogP) is 3.18. The molecule has 1 heterocycles. The van der Waals surface area contributed by atoms with E-state index in [0.29, 0.717) is 22.9 Å². The van der Waals surface area contributed by atoms with Crippen molar-refractivity contribution in [2.24, 2.45) is 0 Å². The van der Waals surface area contributed by atoms with Crippen molar-refractivity contribution in [3.63, 3.8) is 0 Å². The number of aromatic nitrogens is 2. The van der Waals surface area contributed by atoms with E-state index in [1.807, 2.05) is 31.2 Å². The van der Waals surface area contributed by atoms with Crippen LogP contribution >= 0.6 is 0 Å². The molecule has 0 fully saturated rings. The molecule has 0 saturated carbocycles. The average Bonchev–Trinajstić information content (AvgIpc) is 2.56. The third-order valence-corrected chi connectivity index (χ3v) is 4.80. The van der Waals surface area contributed by atoms with Crippen molar-refractivity contribution < 1.29 is 8.42 Å². The van der Waals surface area contributed by atoms with Crippen molar-refractivity contribution >= 4 is 27.2 Å². The molecule has 1 aromatic heterocycles. The number of nitrogens with one attached hydrogen (secondary N) is 1. The maximum Gasteiger partial charge on any atom is 0.227 e. The maximum atomic E-state index is 11.8. The van der Waals surface area contributed by atoms with Gasteiger partial charge in [-0.3, -0.25) is 0 Å². The first-order chi connectivity index (χ1) is 11.8. The van der Waals surface area contributed by atoms with Crippen LogP contribution in [0, 0.1) is 6.92 Å². The Hall–Kier alpha value is -2.93. The Bertz CT molecular complexity index is 1020. The van der Waals surface area contributed by atoms with Gasteiger partial charge in [0, 0.05) is 29.4 Å². The van der Waals surface area contributed by atoms with Crippen LogP contribution in [0.4, 0.5) is 17.3 Å². The SMILES string of the molecule is Cc1ccc(Nc2nccc(-c3cc(S(C)(=O)=O)ccc3N)n2)cc1. The monoisotopic (exact) mass is 354 g/mol. The van der Waals surface area contributed by atoms with E-state index in [4.69, 9.17) is 5.73 Å². The Morgan fingerprint density at radius 2 is 1.76 bits per heavy atom. The van der Waals surface area contributed by atoms with E-state index in [1.54, 1.807) is 18.3 Å². The lowest BCUT2D eigenvalue weighted by atomic mass is 10.1. The van der Waals surface area contributed by atoms with Crippen molar-refractivity contribution in [3.05, 3.63) is 60.3 Å². The number of nitrogens with two attached hydrogens (primary N) is 1. The molecule has 0 aliphatic heterocycles. The molecule has 25 heavy (non-hydrogen) atoms. The Balaban J connectivity index is 1.98. The van der Waals surface area contributed by atoms with Crippen LogP contribution < -0.4 is 11.1 Å². The van der Waals surface area contributed by atoms with Crippen LogP contribution in [0.1, 0.15) is 5.56 Å². The lowest BCUT2D eigenvalue weighted by Gasteiger charge is -2.10. The minimum atomic E-state index is -3.33. The number of anilines is 3. The molecule has 3 aromatic rings. The first-order valence-electron chi connectivity index (χ1n) is 7.59. The van der Waals surface area contributed by atoms with Crippen molar-refractivity contribution in [1.29, 1.82) is 0 Å². The van der Waals surface area contributed by atoms with Crippen LogP contribution in [0.15, 0.2) is 59.6 Å². The topological polar surface area (TPSA) is 98.0 Å². The molecule has 0 spiro atoms. The first kappa shape index (κ1) is 16.9. The van der Waals surface area contributed by atoms with Crippen molar-refractivity contribution in [2.45, 2.75) is 11.8 Å². The fourth-order valence-electron chi connectivity index (χ4n) is 2.32. The highest BCUT2D eigenvalue weighted by Gasteiger charge is 2.12. The molecular formula is C18H18N4O2S. The summed E-state index contributed by atoms with van der Waals surface area (Å²) in [7, 11) is -3.33. The number of sulfone groups is 1. The second kappa shape index (κ2) is 6.52. The molecule has 0 aliphatic carbocycles. The van der Waals surface area contributed by atoms with Crippen LogP contribution in [0.5, 0.6) is 0 Å². The molecule has 3 N–H and O–H groups in total.